The molecule has 9 nitrogen and oxygen atoms in total. The maximum absolute atomic E-state index is 11.7. The van der Waals surface area contributed by atoms with Gasteiger partial charge in [0.1, 0.15) is 17.2 Å². The molecule has 142 valence electrons. The molecule has 0 saturated heterocycles. The topological polar surface area (TPSA) is 115 Å². The van der Waals surface area contributed by atoms with Gasteiger partial charge in [-0.25, -0.2) is 4.98 Å². The zero-order chi connectivity index (χ0) is 19.8. The van der Waals surface area contributed by atoms with Gasteiger partial charge >= 0.3 is 0 Å². The van der Waals surface area contributed by atoms with Gasteiger partial charge in [0, 0.05) is 37.5 Å². The molecule has 0 aliphatic rings. The van der Waals surface area contributed by atoms with Crippen LogP contribution in [0.3, 0.4) is 0 Å². The molecule has 28 heavy (non-hydrogen) atoms. The Hall–Kier alpha value is -3.59. The van der Waals surface area contributed by atoms with Gasteiger partial charge in [-0.1, -0.05) is 23.7 Å². The fraction of sp³-hybridized carbons (Fsp3) is 0.111. The normalized spacial score (nSPS) is 11.0. The Labute approximate surface area is 165 Å². The van der Waals surface area contributed by atoms with Crippen LogP contribution < -0.4 is 16.4 Å². The standard InChI is InChI=1S/C18H17ClN8O/c1-21-15-6-14(25-18-12(17(20)28)8-23-27(15)18)24-13-5-3-4-11(16(13)19)10-7-22-26(2)9-10/h3-9,21H,1-2H3,(H2,20,28)(H,24,25). The van der Waals surface area contributed by atoms with Gasteiger partial charge in [0.15, 0.2) is 5.65 Å². The van der Waals surface area contributed by atoms with E-state index in [1.807, 2.05) is 31.4 Å². The van der Waals surface area contributed by atoms with E-state index in [4.69, 9.17) is 17.3 Å². The lowest BCUT2D eigenvalue weighted by molar-refractivity contribution is 0.100. The predicted molar refractivity (Wildman–Crippen MR) is 108 cm³/mol. The summed E-state index contributed by atoms with van der Waals surface area (Å²) in [6, 6.07) is 7.42. The van der Waals surface area contributed by atoms with Crippen LogP contribution in [0.5, 0.6) is 0 Å². The zero-order valence-electron chi connectivity index (χ0n) is 15.1. The first-order chi connectivity index (χ1) is 13.5. The largest absolute Gasteiger partial charge is 0.373 e. The smallest absolute Gasteiger partial charge is 0.254 e. The summed E-state index contributed by atoms with van der Waals surface area (Å²) in [6.45, 7) is 0. The minimum absolute atomic E-state index is 0.232. The van der Waals surface area contributed by atoms with E-state index in [1.165, 1.54) is 10.7 Å². The van der Waals surface area contributed by atoms with Gasteiger partial charge in [-0.3, -0.25) is 9.48 Å². The van der Waals surface area contributed by atoms with Crippen LogP contribution in [0.15, 0.2) is 42.9 Å². The summed E-state index contributed by atoms with van der Waals surface area (Å²) in [4.78, 5) is 16.1. The van der Waals surface area contributed by atoms with Crippen LogP contribution in [0.25, 0.3) is 16.8 Å². The molecule has 0 saturated carbocycles. The number of hydrogen-bond acceptors (Lipinski definition) is 6. The van der Waals surface area contributed by atoms with Crippen molar-refractivity contribution in [2.24, 2.45) is 12.8 Å². The van der Waals surface area contributed by atoms with E-state index in [1.54, 1.807) is 24.0 Å². The number of halogens is 1. The van der Waals surface area contributed by atoms with E-state index in [-0.39, 0.29) is 5.56 Å². The monoisotopic (exact) mass is 396 g/mol. The second-order valence-electron chi connectivity index (χ2n) is 6.13. The average molecular weight is 397 g/mol. The predicted octanol–water partition coefficient (Wildman–Crippen LogP) is 2.67. The molecule has 3 aromatic heterocycles. The molecule has 0 unspecified atom stereocenters. The second kappa shape index (κ2) is 6.86. The zero-order valence-corrected chi connectivity index (χ0v) is 15.9. The first kappa shape index (κ1) is 17.8. The van der Waals surface area contributed by atoms with Gasteiger partial charge in [0.05, 0.1) is 23.1 Å². The van der Waals surface area contributed by atoms with E-state index in [2.05, 4.69) is 25.8 Å². The summed E-state index contributed by atoms with van der Waals surface area (Å²) in [5.41, 5.74) is 8.42. The molecule has 0 atom stereocenters. The Morgan fingerprint density at radius 1 is 1.25 bits per heavy atom. The SMILES string of the molecule is CNc1cc(Nc2cccc(-c3cnn(C)c3)c2Cl)nc2c(C(N)=O)cnn12. The van der Waals surface area contributed by atoms with Gasteiger partial charge in [-0.2, -0.15) is 14.7 Å². The third-order valence-electron chi connectivity index (χ3n) is 4.27. The van der Waals surface area contributed by atoms with Gasteiger partial charge in [-0.15, -0.1) is 0 Å². The van der Waals surface area contributed by atoms with E-state index in [0.717, 1.165) is 11.1 Å². The molecule has 1 aromatic carbocycles. The number of carbonyl (C=O) groups is 1. The molecule has 3 heterocycles. The van der Waals surface area contributed by atoms with Crippen LogP contribution in [-0.4, -0.2) is 37.3 Å². The van der Waals surface area contributed by atoms with Gasteiger partial charge in [0.2, 0.25) is 0 Å². The number of fused-ring (bicyclic) bond motifs is 1. The number of anilines is 3. The number of carbonyl (C=O) groups excluding carboxylic acids is 1. The highest BCUT2D eigenvalue weighted by atomic mass is 35.5. The molecular formula is C18H17ClN8O. The molecular weight excluding hydrogens is 380 g/mol. The highest BCUT2D eigenvalue weighted by Crippen LogP contribution is 2.35. The Bertz CT molecular complexity index is 1200. The number of aryl methyl sites for hydroxylation is 1. The van der Waals surface area contributed by atoms with Gasteiger partial charge in [0.25, 0.3) is 5.91 Å². The highest BCUT2D eigenvalue weighted by Gasteiger charge is 2.16. The number of nitrogens with zero attached hydrogens (tertiary/aromatic N) is 5. The van der Waals surface area contributed by atoms with Crippen molar-refractivity contribution in [3.05, 3.63) is 53.4 Å². The minimum Gasteiger partial charge on any atom is -0.373 e. The van der Waals surface area contributed by atoms with Gasteiger partial charge < -0.3 is 16.4 Å². The second-order valence-corrected chi connectivity index (χ2v) is 6.51. The third-order valence-corrected chi connectivity index (χ3v) is 4.68. The molecule has 0 radical (unpaired) electrons. The lowest BCUT2D eigenvalue weighted by atomic mass is 10.1. The van der Waals surface area contributed by atoms with Crippen LogP contribution in [0, 0.1) is 0 Å². The number of nitrogens with two attached hydrogens (primary N) is 1. The summed E-state index contributed by atoms with van der Waals surface area (Å²) < 4.78 is 3.23. The molecule has 0 aliphatic heterocycles. The van der Waals surface area contributed by atoms with Crippen molar-refractivity contribution in [1.29, 1.82) is 0 Å². The Kier molecular flexibility index (Phi) is 4.36. The van der Waals surface area contributed by atoms with Crippen molar-refractivity contribution < 1.29 is 4.79 Å². The number of amides is 1. The number of aromatic nitrogens is 5. The van der Waals surface area contributed by atoms with Crippen molar-refractivity contribution in [1.82, 2.24) is 24.4 Å². The first-order valence-electron chi connectivity index (χ1n) is 8.39. The maximum Gasteiger partial charge on any atom is 0.254 e. The molecule has 0 fully saturated rings. The van der Waals surface area contributed by atoms with E-state index in [9.17, 15) is 4.79 Å². The lowest BCUT2D eigenvalue weighted by Gasteiger charge is -2.12. The Morgan fingerprint density at radius 2 is 2.07 bits per heavy atom. The van der Waals surface area contributed by atoms with Crippen molar-refractivity contribution in [2.45, 2.75) is 0 Å². The van der Waals surface area contributed by atoms with E-state index in [0.29, 0.717) is 28.0 Å². The number of primary amides is 1. The number of benzene rings is 1. The lowest BCUT2D eigenvalue weighted by Crippen LogP contribution is -2.12. The van der Waals surface area contributed by atoms with E-state index < -0.39 is 5.91 Å². The molecule has 0 aliphatic carbocycles. The Balaban J connectivity index is 1.78. The molecule has 0 spiro atoms. The molecule has 4 aromatic rings. The molecule has 10 heteroatoms. The quantitative estimate of drug-likeness (QED) is 0.477. The van der Waals surface area contributed by atoms with Crippen molar-refractivity contribution >= 4 is 40.5 Å². The summed E-state index contributed by atoms with van der Waals surface area (Å²) >= 11 is 6.62. The van der Waals surface area contributed by atoms with Crippen molar-refractivity contribution in [2.75, 3.05) is 17.7 Å². The highest BCUT2D eigenvalue weighted by molar-refractivity contribution is 6.36. The fourth-order valence-electron chi connectivity index (χ4n) is 2.93. The van der Waals surface area contributed by atoms with E-state index >= 15 is 0 Å². The van der Waals surface area contributed by atoms with Crippen molar-refractivity contribution in [3.8, 4) is 11.1 Å². The maximum atomic E-state index is 11.7. The molecule has 4 rings (SSSR count). The first-order valence-corrected chi connectivity index (χ1v) is 8.76. The summed E-state index contributed by atoms with van der Waals surface area (Å²) in [5, 5.41) is 15.1. The van der Waals surface area contributed by atoms with Crippen LogP contribution in [0.2, 0.25) is 5.02 Å². The fourth-order valence-corrected chi connectivity index (χ4v) is 3.21. The van der Waals surface area contributed by atoms with Crippen LogP contribution >= 0.6 is 11.6 Å². The van der Waals surface area contributed by atoms with Crippen LogP contribution in [-0.2, 0) is 7.05 Å². The average Bonchev–Trinajstić information content (AvgIpc) is 3.29. The van der Waals surface area contributed by atoms with Crippen LogP contribution in [0.1, 0.15) is 10.4 Å². The number of nitrogens with one attached hydrogen (secondary N) is 2. The van der Waals surface area contributed by atoms with Crippen LogP contribution in [0.4, 0.5) is 17.3 Å². The minimum atomic E-state index is -0.599. The molecule has 0 bridgehead atoms. The number of hydrogen-bond donors (Lipinski definition) is 3. The summed E-state index contributed by atoms with van der Waals surface area (Å²) in [6.07, 6.45) is 5.03. The van der Waals surface area contributed by atoms with Crippen molar-refractivity contribution in [3.63, 3.8) is 0 Å². The van der Waals surface area contributed by atoms with Gasteiger partial charge in [-0.05, 0) is 6.07 Å². The number of rotatable bonds is 5. The Morgan fingerprint density at radius 3 is 2.75 bits per heavy atom. The molecule has 1 amide bonds. The summed E-state index contributed by atoms with van der Waals surface area (Å²) in [5.74, 6) is 0.530. The summed E-state index contributed by atoms with van der Waals surface area (Å²) in [7, 11) is 3.60. The molecule has 4 N–H and O–H groups in total. The third kappa shape index (κ3) is 3.01.